The summed E-state index contributed by atoms with van der Waals surface area (Å²) < 4.78 is 12.5. The Bertz CT molecular complexity index is 495. The van der Waals surface area contributed by atoms with Crippen LogP contribution in [0.15, 0.2) is 22.3 Å². The molecular weight excluding hydrogens is 443 g/mol. The minimum absolute atomic E-state index is 0.0323. The van der Waals surface area contributed by atoms with Crippen LogP contribution in [0.3, 0.4) is 0 Å². The molecule has 26 heavy (non-hydrogen) atoms. The summed E-state index contributed by atoms with van der Waals surface area (Å²) in [4.78, 5) is 11.7. The van der Waals surface area contributed by atoms with Gasteiger partial charge in [-0.1, -0.05) is 20.1 Å². The van der Waals surface area contributed by atoms with Crippen LogP contribution in [0.2, 0.25) is 0 Å². The van der Waals surface area contributed by atoms with Gasteiger partial charge < -0.3 is 14.6 Å². The number of ether oxygens (including phenoxy) is 2. The normalized spacial score (nSPS) is 22.9. The molecule has 0 saturated carbocycles. The number of carbonyl (C=O) groups is 1. The van der Waals surface area contributed by atoms with Crippen molar-refractivity contribution in [1.82, 2.24) is 0 Å². The van der Waals surface area contributed by atoms with Crippen molar-refractivity contribution in [1.29, 1.82) is 0 Å². The van der Waals surface area contributed by atoms with Gasteiger partial charge in [-0.25, -0.2) is 0 Å². The third-order valence-electron chi connectivity index (χ3n) is 4.74. The number of carbonyl (C=O) groups excluding carboxylic acids is 1. The Hall–Kier alpha value is -0.400. The Morgan fingerprint density at radius 3 is 2.65 bits per heavy atom. The monoisotopic (exact) mass is 478 g/mol. The molecule has 1 aliphatic heterocycles. The summed E-state index contributed by atoms with van der Waals surface area (Å²) in [6.45, 7) is 16.2. The summed E-state index contributed by atoms with van der Waals surface area (Å²) in [5.74, 6) is 0.159. The van der Waals surface area contributed by atoms with Gasteiger partial charge in [0.25, 0.3) is 0 Å². The highest BCUT2D eigenvalue weighted by Gasteiger charge is 2.29. The molecule has 1 aliphatic rings. The number of rotatable bonds is 10. The first-order chi connectivity index (χ1) is 12.0. The van der Waals surface area contributed by atoms with Gasteiger partial charge in [-0.05, 0) is 97.0 Å². The molecule has 4 nitrogen and oxygen atoms in total. The smallest absolute Gasteiger partial charge is 0.311 e. The molecule has 0 amide bonds. The van der Waals surface area contributed by atoms with E-state index in [0.717, 1.165) is 41.3 Å². The summed E-state index contributed by atoms with van der Waals surface area (Å²) in [6.07, 6.45) is 4.62. The summed E-state index contributed by atoms with van der Waals surface area (Å²) in [5, 5.41) is 10.2. The van der Waals surface area contributed by atoms with Crippen LogP contribution < -0.4 is 0 Å². The molecule has 0 aromatic heterocycles. The van der Waals surface area contributed by atoms with Crippen LogP contribution in [0, 0.1) is 11.3 Å². The number of hydrogen-bond donors (Lipinski definition) is 1. The molecule has 0 bridgehead atoms. The van der Waals surface area contributed by atoms with E-state index in [1.165, 1.54) is 0 Å². The Kier molecular flexibility index (Phi) is 9.83. The van der Waals surface area contributed by atoms with Crippen molar-refractivity contribution < 1.29 is 19.4 Å². The molecule has 0 unspecified atom stereocenters. The molecule has 5 heteroatoms. The van der Waals surface area contributed by atoms with Crippen LogP contribution in [0.4, 0.5) is 0 Å². The zero-order chi connectivity index (χ0) is 19.9. The molecule has 1 fully saturated rings. The van der Waals surface area contributed by atoms with Crippen LogP contribution in [-0.4, -0.2) is 36.0 Å². The first-order valence-corrected chi connectivity index (χ1v) is 10.6. The molecule has 0 spiro atoms. The Labute approximate surface area is 172 Å². The molecule has 0 aromatic carbocycles. The summed E-state index contributed by atoms with van der Waals surface area (Å²) >= 11 is 2.22. The molecule has 1 heterocycles. The predicted octanol–water partition coefficient (Wildman–Crippen LogP) is 5.19. The molecule has 4 atom stereocenters. The number of halogens is 1. The third kappa shape index (κ3) is 8.53. The van der Waals surface area contributed by atoms with Gasteiger partial charge >= 0.3 is 5.97 Å². The minimum atomic E-state index is -0.453. The van der Waals surface area contributed by atoms with Gasteiger partial charge in [-0.15, -0.1) is 0 Å². The molecule has 1 rings (SSSR count). The van der Waals surface area contributed by atoms with E-state index in [9.17, 15) is 9.90 Å². The van der Waals surface area contributed by atoms with Crippen molar-refractivity contribution in [2.24, 2.45) is 11.3 Å². The quantitative estimate of drug-likeness (QED) is 0.203. The van der Waals surface area contributed by atoms with Crippen LogP contribution in [0.1, 0.15) is 66.2 Å². The summed E-state index contributed by atoms with van der Waals surface area (Å²) in [7, 11) is 0. The third-order valence-corrected chi connectivity index (χ3v) is 5.80. The van der Waals surface area contributed by atoms with E-state index >= 15 is 0 Å². The number of aliphatic hydroxyl groups is 1. The topological polar surface area (TPSA) is 55.8 Å². The van der Waals surface area contributed by atoms with E-state index in [2.05, 4.69) is 42.7 Å². The number of aliphatic hydroxyl groups excluding tert-OH is 1. The van der Waals surface area contributed by atoms with E-state index in [1.807, 2.05) is 20.8 Å². The summed E-state index contributed by atoms with van der Waals surface area (Å²) in [6, 6.07) is 0. The van der Waals surface area contributed by atoms with Crippen molar-refractivity contribution in [3.63, 3.8) is 0 Å². The van der Waals surface area contributed by atoms with Crippen molar-refractivity contribution in [2.75, 3.05) is 6.61 Å². The van der Waals surface area contributed by atoms with Crippen molar-refractivity contribution in [3.8, 4) is 0 Å². The maximum Gasteiger partial charge on any atom is 0.311 e. The van der Waals surface area contributed by atoms with Crippen molar-refractivity contribution >= 4 is 28.6 Å². The highest BCUT2D eigenvalue weighted by molar-refractivity contribution is 14.1. The molecular formula is C21H35IO4. The van der Waals surface area contributed by atoms with E-state index in [-0.39, 0.29) is 24.3 Å². The van der Waals surface area contributed by atoms with E-state index < -0.39 is 5.41 Å². The Balaban J connectivity index is 2.25. The first-order valence-electron chi connectivity index (χ1n) is 9.53. The predicted molar refractivity (Wildman–Crippen MR) is 114 cm³/mol. The number of esters is 1. The fraction of sp³-hybridized carbons (Fsp3) is 0.762. The Morgan fingerprint density at radius 2 is 2.08 bits per heavy atom. The number of hydrogen-bond acceptors (Lipinski definition) is 4. The van der Waals surface area contributed by atoms with Gasteiger partial charge in [0, 0.05) is 0 Å². The van der Waals surface area contributed by atoms with Crippen molar-refractivity contribution in [3.05, 3.63) is 22.3 Å². The summed E-state index contributed by atoms with van der Waals surface area (Å²) in [5.41, 5.74) is 0.658. The average molecular weight is 478 g/mol. The van der Waals surface area contributed by atoms with E-state index in [0.29, 0.717) is 18.9 Å². The van der Waals surface area contributed by atoms with Gasteiger partial charge in [0.1, 0.15) is 0 Å². The van der Waals surface area contributed by atoms with E-state index in [4.69, 9.17) is 9.47 Å². The highest BCUT2D eigenvalue weighted by atomic mass is 127. The largest absolute Gasteiger partial charge is 0.465 e. The zero-order valence-corrected chi connectivity index (χ0v) is 18.9. The molecule has 1 N–H and O–H groups in total. The highest BCUT2D eigenvalue weighted by Crippen LogP contribution is 2.31. The lowest BCUT2D eigenvalue weighted by atomic mass is 9.97. The second-order valence-corrected chi connectivity index (χ2v) is 9.84. The fourth-order valence-electron chi connectivity index (χ4n) is 2.93. The van der Waals surface area contributed by atoms with Gasteiger partial charge in [0.15, 0.2) is 0 Å². The van der Waals surface area contributed by atoms with Gasteiger partial charge in [-0.2, -0.15) is 0 Å². The van der Waals surface area contributed by atoms with Gasteiger partial charge in [0.2, 0.25) is 0 Å². The van der Waals surface area contributed by atoms with Crippen LogP contribution in [0.25, 0.3) is 0 Å². The first kappa shape index (κ1) is 23.6. The molecule has 150 valence electrons. The lowest BCUT2D eigenvalue weighted by molar-refractivity contribution is -0.153. The Morgan fingerprint density at radius 1 is 1.42 bits per heavy atom. The van der Waals surface area contributed by atoms with E-state index in [1.54, 1.807) is 0 Å². The standard InChI is InChI=1S/C21H35IO4/c1-14(16(3)22)12-17(23)9-10-19-15(2)13-18(26-19)8-7-11-25-20(24)21(4,5)6/h14,17-19,23H,2-3,7-13H2,1,4-6H3/t14-,17+,18-,19-/m0/s1. The van der Waals surface area contributed by atoms with Crippen LogP contribution >= 0.6 is 22.6 Å². The molecule has 0 aromatic rings. The minimum Gasteiger partial charge on any atom is -0.465 e. The second kappa shape index (κ2) is 10.8. The molecule has 0 radical (unpaired) electrons. The van der Waals surface area contributed by atoms with Crippen LogP contribution in [0.5, 0.6) is 0 Å². The maximum atomic E-state index is 11.7. The van der Waals surface area contributed by atoms with Crippen molar-refractivity contribution in [2.45, 2.75) is 84.5 Å². The maximum absolute atomic E-state index is 11.7. The second-order valence-electron chi connectivity index (χ2n) is 8.45. The molecule has 1 saturated heterocycles. The van der Waals surface area contributed by atoms with Gasteiger partial charge in [0.05, 0.1) is 30.3 Å². The molecule has 0 aliphatic carbocycles. The zero-order valence-electron chi connectivity index (χ0n) is 16.7. The lowest BCUT2D eigenvalue weighted by Gasteiger charge is -2.19. The fourth-order valence-corrected chi connectivity index (χ4v) is 3.19. The van der Waals surface area contributed by atoms with Crippen LogP contribution in [-0.2, 0) is 14.3 Å². The average Bonchev–Trinajstić information content (AvgIpc) is 2.88. The van der Waals surface area contributed by atoms with Gasteiger partial charge in [-0.3, -0.25) is 4.79 Å². The number of allylic oxidation sites excluding steroid dienone is 1. The lowest BCUT2D eigenvalue weighted by Crippen LogP contribution is -2.23. The SMILES string of the molecule is C=C1C[C@H](CCCOC(=O)C(C)(C)C)O[C@H]1CC[C@@H](O)C[C@H](C)C(=C)I.